The molecule has 2 saturated heterocycles. The molecule has 162 valence electrons. The maximum atomic E-state index is 12.6. The summed E-state index contributed by atoms with van der Waals surface area (Å²) >= 11 is 0. The van der Waals surface area contributed by atoms with Crippen LogP contribution in [0.2, 0.25) is 0 Å². The molecule has 7 heteroatoms. The summed E-state index contributed by atoms with van der Waals surface area (Å²) in [5, 5.41) is 9.87. The van der Waals surface area contributed by atoms with Crippen molar-refractivity contribution in [2.45, 2.75) is 26.2 Å². The molecule has 0 spiro atoms. The highest BCUT2D eigenvalue weighted by Crippen LogP contribution is 2.35. The monoisotopic (exact) mass is 413 g/mol. The Morgan fingerprint density at radius 2 is 1.67 bits per heavy atom. The van der Waals surface area contributed by atoms with Crippen LogP contribution in [0, 0.1) is 11.8 Å². The van der Waals surface area contributed by atoms with Gasteiger partial charge in [-0.1, -0.05) is 12.2 Å². The Kier molecular flexibility index (Phi) is 6.27. The van der Waals surface area contributed by atoms with Crippen molar-refractivity contribution in [3.8, 4) is 11.5 Å². The van der Waals surface area contributed by atoms with Crippen molar-refractivity contribution < 1.29 is 19.4 Å². The number of piperazine rings is 1. The first kappa shape index (κ1) is 20.7. The zero-order valence-electron chi connectivity index (χ0n) is 17.6. The number of hydrogen-bond acceptors (Lipinski definition) is 6. The van der Waals surface area contributed by atoms with Crippen molar-refractivity contribution in [1.29, 1.82) is 0 Å². The van der Waals surface area contributed by atoms with Gasteiger partial charge >= 0.3 is 0 Å². The molecule has 1 N–H and O–H groups in total. The van der Waals surface area contributed by atoms with Gasteiger partial charge in [0.25, 0.3) is 0 Å². The summed E-state index contributed by atoms with van der Waals surface area (Å²) in [5.74, 6) is 0.816. The molecule has 1 aromatic rings. The largest absolute Gasteiger partial charge is 0.508 e. The second-order valence-corrected chi connectivity index (χ2v) is 8.25. The molecule has 7 nitrogen and oxygen atoms in total. The lowest BCUT2D eigenvalue weighted by molar-refractivity contribution is -0.140. The summed E-state index contributed by atoms with van der Waals surface area (Å²) in [7, 11) is 0. The maximum Gasteiger partial charge on any atom is 0.233 e. The van der Waals surface area contributed by atoms with Crippen molar-refractivity contribution in [3.05, 3.63) is 30.4 Å². The van der Waals surface area contributed by atoms with Gasteiger partial charge in [0.1, 0.15) is 11.5 Å². The van der Waals surface area contributed by atoms with Crippen LogP contribution in [-0.2, 0) is 9.59 Å². The fourth-order valence-corrected chi connectivity index (χ4v) is 4.78. The quantitative estimate of drug-likeness (QED) is 0.546. The standard InChI is InChI=1S/C23H31N3O4/c1-2-30-21-9-8-17(27)16-20(21)25-14-12-24(13-15-25)10-5-11-26-22(28)18-6-3-4-7-19(18)23(26)29/h3-4,8-9,16,18-19,27H,2,5-7,10-15H2,1H3. The molecule has 0 radical (unpaired) electrons. The molecule has 2 aliphatic heterocycles. The van der Waals surface area contributed by atoms with E-state index in [1.165, 1.54) is 4.90 Å². The molecule has 0 bridgehead atoms. The van der Waals surface area contributed by atoms with E-state index in [-0.39, 0.29) is 29.4 Å². The van der Waals surface area contributed by atoms with Crippen LogP contribution in [0.4, 0.5) is 5.69 Å². The molecule has 0 aromatic heterocycles. The number of allylic oxidation sites excluding steroid dienone is 2. The topological polar surface area (TPSA) is 73.3 Å². The van der Waals surface area contributed by atoms with E-state index in [0.29, 0.717) is 26.0 Å². The molecule has 1 aromatic carbocycles. The number of carbonyl (C=O) groups is 2. The molecule has 2 heterocycles. The van der Waals surface area contributed by atoms with Gasteiger partial charge in [0.15, 0.2) is 0 Å². The molecule has 1 aliphatic carbocycles. The molecule has 3 aliphatic rings. The maximum absolute atomic E-state index is 12.6. The Balaban J connectivity index is 1.26. The van der Waals surface area contributed by atoms with Gasteiger partial charge in [-0.25, -0.2) is 0 Å². The van der Waals surface area contributed by atoms with Crippen LogP contribution in [0.3, 0.4) is 0 Å². The number of fused-ring (bicyclic) bond motifs is 1. The molecule has 2 unspecified atom stereocenters. The number of nitrogens with zero attached hydrogens (tertiary/aromatic N) is 3. The van der Waals surface area contributed by atoms with Crippen molar-refractivity contribution in [2.24, 2.45) is 11.8 Å². The first-order valence-corrected chi connectivity index (χ1v) is 11.0. The lowest BCUT2D eigenvalue weighted by Gasteiger charge is -2.37. The number of amides is 2. The number of benzene rings is 1. The number of rotatable bonds is 7. The predicted octanol–water partition coefficient (Wildman–Crippen LogP) is 2.25. The average Bonchev–Trinajstić information content (AvgIpc) is 3.01. The smallest absolute Gasteiger partial charge is 0.233 e. The SMILES string of the molecule is CCOc1ccc(O)cc1N1CCN(CCCN2C(=O)C3CC=CCC3C2=O)CC1. The van der Waals surface area contributed by atoms with Gasteiger partial charge in [-0.05, 0) is 44.9 Å². The third-order valence-electron chi connectivity index (χ3n) is 6.41. The zero-order chi connectivity index (χ0) is 21.1. The van der Waals surface area contributed by atoms with E-state index in [4.69, 9.17) is 4.74 Å². The number of hydrogen-bond donors (Lipinski definition) is 1. The van der Waals surface area contributed by atoms with Gasteiger partial charge in [0, 0.05) is 38.8 Å². The third kappa shape index (κ3) is 4.17. The van der Waals surface area contributed by atoms with Crippen LogP contribution in [0.25, 0.3) is 0 Å². The fraction of sp³-hybridized carbons (Fsp3) is 0.565. The highest BCUT2D eigenvalue weighted by atomic mass is 16.5. The summed E-state index contributed by atoms with van der Waals surface area (Å²) in [6.45, 7) is 7.43. The highest BCUT2D eigenvalue weighted by Gasteiger charge is 2.46. The number of phenolic OH excluding ortho intramolecular Hbond substituents is 1. The van der Waals surface area contributed by atoms with E-state index in [0.717, 1.165) is 50.6 Å². The Morgan fingerprint density at radius 3 is 2.30 bits per heavy atom. The van der Waals surface area contributed by atoms with E-state index >= 15 is 0 Å². The summed E-state index contributed by atoms with van der Waals surface area (Å²) in [5.41, 5.74) is 0.931. The number of imide groups is 1. The average molecular weight is 414 g/mol. The minimum absolute atomic E-state index is 0.0199. The second-order valence-electron chi connectivity index (χ2n) is 8.25. The van der Waals surface area contributed by atoms with Crippen molar-refractivity contribution in [3.63, 3.8) is 0 Å². The molecule has 30 heavy (non-hydrogen) atoms. The van der Waals surface area contributed by atoms with Crippen molar-refractivity contribution in [2.75, 3.05) is 50.8 Å². The van der Waals surface area contributed by atoms with Crippen molar-refractivity contribution >= 4 is 17.5 Å². The number of anilines is 1. The summed E-state index contributed by atoms with van der Waals surface area (Å²) in [6.07, 6.45) is 6.26. The highest BCUT2D eigenvalue weighted by molar-refractivity contribution is 6.05. The van der Waals surface area contributed by atoms with Crippen LogP contribution in [0.1, 0.15) is 26.2 Å². The lowest BCUT2D eigenvalue weighted by Crippen LogP contribution is -2.47. The first-order chi connectivity index (χ1) is 14.6. The van der Waals surface area contributed by atoms with Gasteiger partial charge in [0.05, 0.1) is 24.1 Å². The summed E-state index contributed by atoms with van der Waals surface area (Å²) in [4.78, 5) is 31.2. The van der Waals surface area contributed by atoms with E-state index in [2.05, 4.69) is 9.80 Å². The lowest BCUT2D eigenvalue weighted by atomic mass is 9.85. The van der Waals surface area contributed by atoms with Crippen LogP contribution in [0.15, 0.2) is 30.4 Å². The molecule has 0 saturated carbocycles. The third-order valence-corrected chi connectivity index (χ3v) is 6.41. The van der Waals surface area contributed by atoms with Gasteiger partial charge in [-0.3, -0.25) is 19.4 Å². The molecular formula is C23H31N3O4. The van der Waals surface area contributed by atoms with E-state index < -0.39 is 0 Å². The second kappa shape index (κ2) is 9.08. The van der Waals surface area contributed by atoms with E-state index in [1.807, 2.05) is 25.1 Å². The van der Waals surface area contributed by atoms with E-state index in [9.17, 15) is 14.7 Å². The van der Waals surface area contributed by atoms with Crippen LogP contribution in [-0.4, -0.2) is 72.6 Å². The Bertz CT molecular complexity index is 791. The van der Waals surface area contributed by atoms with Crippen LogP contribution >= 0.6 is 0 Å². The van der Waals surface area contributed by atoms with Gasteiger partial charge in [0.2, 0.25) is 11.8 Å². The Hall–Kier alpha value is -2.54. The van der Waals surface area contributed by atoms with Gasteiger partial charge in [-0.15, -0.1) is 0 Å². The number of likely N-dealkylation sites (tertiary alicyclic amines) is 1. The number of carbonyl (C=O) groups excluding carboxylic acids is 2. The number of ether oxygens (including phenoxy) is 1. The molecule has 2 amide bonds. The van der Waals surface area contributed by atoms with Gasteiger partial charge < -0.3 is 14.7 Å². The number of phenols is 1. The minimum atomic E-state index is -0.132. The minimum Gasteiger partial charge on any atom is -0.508 e. The Labute approximate surface area is 177 Å². The van der Waals surface area contributed by atoms with Crippen LogP contribution in [0.5, 0.6) is 11.5 Å². The molecule has 2 fully saturated rings. The molecule has 4 rings (SSSR count). The van der Waals surface area contributed by atoms with Gasteiger partial charge in [-0.2, -0.15) is 0 Å². The predicted molar refractivity (Wildman–Crippen MR) is 115 cm³/mol. The summed E-state index contributed by atoms with van der Waals surface area (Å²) in [6, 6.07) is 5.23. The van der Waals surface area contributed by atoms with Crippen LogP contribution < -0.4 is 9.64 Å². The fourth-order valence-electron chi connectivity index (χ4n) is 4.78. The first-order valence-electron chi connectivity index (χ1n) is 11.0. The zero-order valence-corrected chi connectivity index (χ0v) is 17.6. The Morgan fingerprint density at radius 1 is 1.00 bits per heavy atom. The van der Waals surface area contributed by atoms with E-state index in [1.54, 1.807) is 12.1 Å². The molecule has 2 atom stereocenters. The summed E-state index contributed by atoms with van der Waals surface area (Å²) < 4.78 is 5.71. The molecular weight excluding hydrogens is 382 g/mol. The normalized spacial score (nSPS) is 24.4. The number of aromatic hydroxyl groups is 1. The van der Waals surface area contributed by atoms with Crippen molar-refractivity contribution in [1.82, 2.24) is 9.80 Å².